The van der Waals surface area contributed by atoms with Crippen molar-refractivity contribution in [2.75, 3.05) is 30.5 Å². The minimum absolute atomic E-state index is 0.148. The number of nitrogens with zero attached hydrogens (tertiary/aromatic N) is 2. The topological polar surface area (TPSA) is 62.3 Å². The smallest absolute Gasteiger partial charge is 0.149 e. The Labute approximate surface area is 116 Å². The molecule has 0 saturated carbocycles. The lowest BCUT2D eigenvalue weighted by Crippen LogP contribution is -2.28. The Kier molecular flexibility index (Phi) is 5.75. The highest BCUT2D eigenvalue weighted by molar-refractivity contribution is 7.90. The zero-order valence-corrected chi connectivity index (χ0v) is 12.9. The van der Waals surface area contributed by atoms with E-state index in [0.29, 0.717) is 12.6 Å². The van der Waals surface area contributed by atoms with E-state index < -0.39 is 9.84 Å². The van der Waals surface area contributed by atoms with E-state index in [-0.39, 0.29) is 5.75 Å². The highest BCUT2D eigenvalue weighted by Crippen LogP contribution is 2.17. The number of anilines is 1. The number of nitrogens with one attached hydrogen (secondary N) is 1. The van der Waals surface area contributed by atoms with Gasteiger partial charge in [-0.05, 0) is 11.6 Å². The summed E-state index contributed by atoms with van der Waals surface area (Å²) in [6, 6.07) is 2.36. The third kappa shape index (κ3) is 6.02. The van der Waals surface area contributed by atoms with Crippen LogP contribution in [0.5, 0.6) is 0 Å². The molecule has 0 aliphatic rings. The molecular formula is C13H23N3O2S. The predicted molar refractivity (Wildman–Crippen MR) is 79.2 cm³/mol. The van der Waals surface area contributed by atoms with E-state index in [1.54, 1.807) is 12.4 Å². The van der Waals surface area contributed by atoms with Crippen LogP contribution in [0.3, 0.4) is 0 Å². The molecular weight excluding hydrogens is 262 g/mol. The molecule has 1 N–H and O–H groups in total. The van der Waals surface area contributed by atoms with Gasteiger partial charge in [-0.3, -0.25) is 4.98 Å². The summed E-state index contributed by atoms with van der Waals surface area (Å²) in [6.07, 6.45) is 4.79. The molecule has 6 heteroatoms. The highest BCUT2D eigenvalue weighted by Gasteiger charge is 2.10. The molecule has 0 spiro atoms. The van der Waals surface area contributed by atoms with Gasteiger partial charge in [0.1, 0.15) is 9.84 Å². The van der Waals surface area contributed by atoms with Crippen LogP contribution in [0.2, 0.25) is 0 Å². The quantitative estimate of drug-likeness (QED) is 0.811. The summed E-state index contributed by atoms with van der Waals surface area (Å²) in [5.74, 6) is 0.148. The fourth-order valence-electron chi connectivity index (χ4n) is 1.65. The Morgan fingerprint density at radius 2 is 2.11 bits per heavy atom. The van der Waals surface area contributed by atoms with Gasteiger partial charge >= 0.3 is 0 Å². The molecule has 0 fully saturated rings. The van der Waals surface area contributed by atoms with Crippen LogP contribution in [-0.2, 0) is 16.4 Å². The number of hydrogen-bond acceptors (Lipinski definition) is 5. The average molecular weight is 285 g/mol. The molecule has 1 rings (SSSR count). The van der Waals surface area contributed by atoms with Gasteiger partial charge in [-0.2, -0.15) is 0 Å². The van der Waals surface area contributed by atoms with Crippen LogP contribution in [0.4, 0.5) is 5.69 Å². The lowest BCUT2D eigenvalue weighted by atomic mass is 10.2. The monoisotopic (exact) mass is 285 g/mol. The van der Waals surface area contributed by atoms with Crippen LogP contribution in [0.1, 0.15) is 19.4 Å². The van der Waals surface area contributed by atoms with Crippen molar-refractivity contribution < 1.29 is 8.42 Å². The van der Waals surface area contributed by atoms with E-state index in [1.165, 1.54) is 6.26 Å². The van der Waals surface area contributed by atoms with E-state index in [2.05, 4.69) is 24.1 Å². The molecule has 108 valence electrons. The zero-order valence-electron chi connectivity index (χ0n) is 12.0. The van der Waals surface area contributed by atoms with Crippen molar-refractivity contribution >= 4 is 15.5 Å². The summed E-state index contributed by atoms with van der Waals surface area (Å²) < 4.78 is 22.4. The normalized spacial score (nSPS) is 11.8. The van der Waals surface area contributed by atoms with Crippen molar-refractivity contribution in [1.82, 2.24) is 10.3 Å². The molecule has 0 aromatic carbocycles. The van der Waals surface area contributed by atoms with Gasteiger partial charge in [0.15, 0.2) is 0 Å². The maximum atomic E-state index is 11.2. The molecule has 0 atom stereocenters. The Hall–Kier alpha value is -1.14. The second-order valence-corrected chi connectivity index (χ2v) is 7.35. The van der Waals surface area contributed by atoms with Crippen molar-refractivity contribution in [2.24, 2.45) is 0 Å². The Bertz CT molecular complexity index is 500. The summed E-state index contributed by atoms with van der Waals surface area (Å²) in [4.78, 5) is 6.05. The predicted octanol–water partition coefficient (Wildman–Crippen LogP) is 1.06. The van der Waals surface area contributed by atoms with Gasteiger partial charge in [0.2, 0.25) is 0 Å². The molecule has 19 heavy (non-hydrogen) atoms. The zero-order chi connectivity index (χ0) is 14.5. The molecule has 0 radical (unpaired) electrons. The molecule has 1 aromatic rings. The first-order valence-corrected chi connectivity index (χ1v) is 8.41. The minimum Gasteiger partial charge on any atom is -0.372 e. The fourth-order valence-corrected chi connectivity index (χ4v) is 2.25. The van der Waals surface area contributed by atoms with E-state index in [4.69, 9.17) is 0 Å². The van der Waals surface area contributed by atoms with E-state index in [9.17, 15) is 8.42 Å². The van der Waals surface area contributed by atoms with Crippen molar-refractivity contribution in [3.8, 4) is 0 Å². The molecule has 1 heterocycles. The van der Waals surface area contributed by atoms with Crippen LogP contribution >= 0.6 is 0 Å². The molecule has 0 bridgehead atoms. The number of hydrogen-bond donors (Lipinski definition) is 1. The standard InChI is InChI=1S/C13H23N3O2S/c1-11(2)15-9-12-5-6-14-10-13(12)16(3)7-8-19(4,17)18/h5-6,10-11,15H,7-9H2,1-4H3. The second kappa shape index (κ2) is 6.86. The van der Waals surface area contributed by atoms with Crippen molar-refractivity contribution in [2.45, 2.75) is 26.4 Å². The summed E-state index contributed by atoms with van der Waals surface area (Å²) in [7, 11) is -1.05. The van der Waals surface area contributed by atoms with Crippen molar-refractivity contribution in [3.05, 3.63) is 24.0 Å². The van der Waals surface area contributed by atoms with Gasteiger partial charge in [0, 0.05) is 38.6 Å². The van der Waals surface area contributed by atoms with Crippen LogP contribution in [0.25, 0.3) is 0 Å². The van der Waals surface area contributed by atoms with Gasteiger partial charge in [-0.15, -0.1) is 0 Å². The first-order valence-electron chi connectivity index (χ1n) is 6.34. The summed E-state index contributed by atoms with van der Waals surface area (Å²) in [6.45, 7) is 5.40. The van der Waals surface area contributed by atoms with E-state index in [0.717, 1.165) is 17.8 Å². The lowest BCUT2D eigenvalue weighted by Gasteiger charge is -2.22. The molecule has 0 amide bonds. The fraction of sp³-hybridized carbons (Fsp3) is 0.615. The van der Waals surface area contributed by atoms with Crippen LogP contribution < -0.4 is 10.2 Å². The molecule has 1 aromatic heterocycles. The van der Waals surface area contributed by atoms with Gasteiger partial charge in [-0.25, -0.2) is 8.42 Å². The lowest BCUT2D eigenvalue weighted by molar-refractivity contribution is 0.588. The maximum absolute atomic E-state index is 11.2. The first kappa shape index (κ1) is 15.9. The number of sulfone groups is 1. The molecule has 0 aliphatic heterocycles. The number of aromatic nitrogens is 1. The Morgan fingerprint density at radius 3 is 2.68 bits per heavy atom. The summed E-state index contributed by atoms with van der Waals surface area (Å²) in [5, 5.41) is 3.36. The molecule has 0 unspecified atom stereocenters. The Balaban J connectivity index is 2.75. The average Bonchev–Trinajstić information content (AvgIpc) is 2.33. The van der Waals surface area contributed by atoms with E-state index >= 15 is 0 Å². The molecule has 0 aliphatic carbocycles. The summed E-state index contributed by atoms with van der Waals surface area (Å²) >= 11 is 0. The van der Waals surface area contributed by atoms with Crippen LogP contribution in [-0.4, -0.2) is 45.0 Å². The van der Waals surface area contributed by atoms with Gasteiger partial charge < -0.3 is 10.2 Å². The first-order chi connectivity index (χ1) is 8.79. The second-order valence-electron chi connectivity index (χ2n) is 5.09. The largest absolute Gasteiger partial charge is 0.372 e. The van der Waals surface area contributed by atoms with Crippen LogP contribution in [0, 0.1) is 0 Å². The van der Waals surface area contributed by atoms with Gasteiger partial charge in [0.05, 0.1) is 17.6 Å². The van der Waals surface area contributed by atoms with Crippen LogP contribution in [0.15, 0.2) is 18.5 Å². The maximum Gasteiger partial charge on any atom is 0.149 e. The number of rotatable bonds is 7. The van der Waals surface area contributed by atoms with E-state index in [1.807, 2.05) is 18.0 Å². The SMILES string of the molecule is CC(C)NCc1ccncc1N(C)CCS(C)(=O)=O. The van der Waals surface area contributed by atoms with Gasteiger partial charge in [0.25, 0.3) is 0 Å². The van der Waals surface area contributed by atoms with Crippen molar-refractivity contribution in [1.29, 1.82) is 0 Å². The van der Waals surface area contributed by atoms with Gasteiger partial charge in [-0.1, -0.05) is 13.8 Å². The Morgan fingerprint density at radius 1 is 1.42 bits per heavy atom. The highest BCUT2D eigenvalue weighted by atomic mass is 32.2. The third-order valence-electron chi connectivity index (χ3n) is 2.80. The number of pyridine rings is 1. The third-order valence-corrected chi connectivity index (χ3v) is 3.72. The minimum atomic E-state index is -2.94. The van der Waals surface area contributed by atoms with Crippen molar-refractivity contribution in [3.63, 3.8) is 0 Å². The molecule has 0 saturated heterocycles. The summed E-state index contributed by atoms with van der Waals surface area (Å²) in [5.41, 5.74) is 2.10. The molecule has 5 nitrogen and oxygen atoms in total.